The molecule has 0 spiro atoms. The Morgan fingerprint density at radius 3 is 2.05 bits per heavy atom. The Balaban J connectivity index is 3.31. The van der Waals surface area contributed by atoms with Crippen molar-refractivity contribution in [1.82, 2.24) is 14.8 Å². The van der Waals surface area contributed by atoms with Crippen LogP contribution < -0.4 is 5.14 Å². The molecule has 0 aliphatic rings. The van der Waals surface area contributed by atoms with Crippen molar-refractivity contribution in [2.45, 2.75) is 70.5 Å². The molecule has 0 saturated carbocycles. The minimum atomic E-state index is -3.83. The Bertz CT molecular complexity index is 502. The summed E-state index contributed by atoms with van der Waals surface area (Å²) in [4.78, 5) is 0. The van der Waals surface area contributed by atoms with Crippen molar-refractivity contribution in [2.24, 2.45) is 5.14 Å². The largest absolute Gasteiger partial charge is 0.298 e. The van der Waals surface area contributed by atoms with Crippen LogP contribution in [0.15, 0.2) is 5.16 Å². The van der Waals surface area contributed by atoms with Gasteiger partial charge in [-0.25, -0.2) is 13.6 Å². The van der Waals surface area contributed by atoms with E-state index in [4.69, 9.17) is 5.14 Å². The Hall–Kier alpha value is -0.950. The van der Waals surface area contributed by atoms with Crippen molar-refractivity contribution in [3.8, 4) is 0 Å². The first kappa shape index (κ1) is 16.1. The van der Waals surface area contributed by atoms with Gasteiger partial charge in [0.25, 0.3) is 15.2 Å². The summed E-state index contributed by atoms with van der Waals surface area (Å²) in [6.45, 7) is 8.05. The zero-order valence-electron chi connectivity index (χ0n) is 12.1. The predicted molar refractivity (Wildman–Crippen MR) is 74.3 cm³/mol. The molecule has 0 amide bonds. The highest BCUT2D eigenvalue weighted by molar-refractivity contribution is 7.89. The summed E-state index contributed by atoms with van der Waals surface area (Å²) >= 11 is 0. The lowest BCUT2D eigenvalue weighted by Crippen LogP contribution is -2.21. The highest BCUT2D eigenvalue weighted by atomic mass is 32.2. The third-order valence-electron chi connectivity index (χ3n) is 3.10. The molecule has 19 heavy (non-hydrogen) atoms. The van der Waals surface area contributed by atoms with Crippen LogP contribution in [-0.2, 0) is 10.0 Å². The standard InChI is InChI=1S/C12H24N4O2S/c1-5-7-10(8-6-2)11-14-15-12(19(13,17)18)16(11)9(3)4/h9-10H,5-8H2,1-4H3,(H2,13,17,18). The van der Waals surface area contributed by atoms with Gasteiger partial charge in [-0.3, -0.25) is 4.57 Å². The smallest absolute Gasteiger partial charge is 0.273 e. The lowest BCUT2D eigenvalue weighted by Gasteiger charge is -2.19. The molecule has 1 aromatic heterocycles. The van der Waals surface area contributed by atoms with E-state index in [1.165, 1.54) is 0 Å². The maximum absolute atomic E-state index is 11.6. The summed E-state index contributed by atoms with van der Waals surface area (Å²) in [5.41, 5.74) is 0. The number of nitrogens with zero attached hydrogens (tertiary/aromatic N) is 3. The molecule has 0 aliphatic carbocycles. The number of hydrogen-bond acceptors (Lipinski definition) is 4. The Morgan fingerprint density at radius 1 is 1.16 bits per heavy atom. The monoisotopic (exact) mass is 288 g/mol. The van der Waals surface area contributed by atoms with E-state index in [0.717, 1.165) is 31.5 Å². The fraction of sp³-hybridized carbons (Fsp3) is 0.833. The number of aromatic nitrogens is 3. The number of primary sulfonamides is 1. The molecule has 6 nitrogen and oxygen atoms in total. The van der Waals surface area contributed by atoms with Crippen LogP contribution in [0.5, 0.6) is 0 Å². The van der Waals surface area contributed by atoms with Crippen LogP contribution >= 0.6 is 0 Å². The lowest BCUT2D eigenvalue weighted by molar-refractivity contribution is 0.453. The van der Waals surface area contributed by atoms with E-state index in [2.05, 4.69) is 24.0 Å². The van der Waals surface area contributed by atoms with E-state index in [0.29, 0.717) is 0 Å². The highest BCUT2D eigenvalue weighted by Crippen LogP contribution is 2.28. The number of sulfonamides is 1. The second-order valence-corrected chi connectivity index (χ2v) is 6.58. The summed E-state index contributed by atoms with van der Waals surface area (Å²) in [6.07, 6.45) is 4.01. The van der Waals surface area contributed by atoms with Crippen LogP contribution in [0.4, 0.5) is 0 Å². The van der Waals surface area contributed by atoms with Gasteiger partial charge in [0.15, 0.2) is 0 Å². The maximum Gasteiger partial charge on any atom is 0.273 e. The summed E-state index contributed by atoms with van der Waals surface area (Å²) in [7, 11) is -3.83. The summed E-state index contributed by atoms with van der Waals surface area (Å²) < 4.78 is 24.8. The average Bonchev–Trinajstić information content (AvgIpc) is 2.72. The Kier molecular flexibility index (Phi) is 5.49. The second kappa shape index (κ2) is 6.47. The zero-order chi connectivity index (χ0) is 14.6. The van der Waals surface area contributed by atoms with Gasteiger partial charge in [-0.15, -0.1) is 10.2 Å². The minimum absolute atomic E-state index is 0.0328. The molecule has 0 aromatic carbocycles. The van der Waals surface area contributed by atoms with E-state index >= 15 is 0 Å². The molecule has 0 bridgehead atoms. The first-order valence-corrected chi connectivity index (χ1v) is 8.35. The highest BCUT2D eigenvalue weighted by Gasteiger charge is 2.26. The van der Waals surface area contributed by atoms with Gasteiger partial charge in [0.2, 0.25) is 0 Å². The number of rotatable bonds is 7. The van der Waals surface area contributed by atoms with Gasteiger partial charge in [0, 0.05) is 12.0 Å². The topological polar surface area (TPSA) is 90.9 Å². The third kappa shape index (κ3) is 3.76. The molecular weight excluding hydrogens is 264 g/mol. The van der Waals surface area contributed by atoms with Gasteiger partial charge in [-0.1, -0.05) is 26.7 Å². The molecule has 0 fully saturated rings. The van der Waals surface area contributed by atoms with Crippen LogP contribution in [0.2, 0.25) is 0 Å². The van der Waals surface area contributed by atoms with Crippen molar-refractivity contribution < 1.29 is 8.42 Å². The van der Waals surface area contributed by atoms with Gasteiger partial charge in [0.05, 0.1) is 0 Å². The van der Waals surface area contributed by atoms with Gasteiger partial charge in [-0.05, 0) is 26.7 Å². The quantitative estimate of drug-likeness (QED) is 0.832. The molecule has 1 rings (SSSR count). The van der Waals surface area contributed by atoms with Crippen LogP contribution in [-0.4, -0.2) is 23.2 Å². The Labute approximate surface area is 115 Å². The fourth-order valence-electron chi connectivity index (χ4n) is 2.35. The van der Waals surface area contributed by atoms with Gasteiger partial charge >= 0.3 is 0 Å². The van der Waals surface area contributed by atoms with Crippen molar-refractivity contribution in [2.75, 3.05) is 0 Å². The van der Waals surface area contributed by atoms with E-state index in [9.17, 15) is 8.42 Å². The van der Waals surface area contributed by atoms with Gasteiger partial charge in [0.1, 0.15) is 5.82 Å². The summed E-state index contributed by atoms with van der Waals surface area (Å²) in [6, 6.07) is -0.0328. The average molecular weight is 288 g/mol. The lowest BCUT2D eigenvalue weighted by atomic mass is 9.97. The van der Waals surface area contributed by atoms with E-state index in [-0.39, 0.29) is 17.1 Å². The number of hydrogen-bond donors (Lipinski definition) is 1. The zero-order valence-corrected chi connectivity index (χ0v) is 12.9. The maximum atomic E-state index is 11.6. The molecule has 2 N–H and O–H groups in total. The van der Waals surface area contributed by atoms with Gasteiger partial charge in [-0.2, -0.15) is 0 Å². The first-order chi connectivity index (χ1) is 8.82. The molecule has 0 atom stereocenters. The van der Waals surface area contributed by atoms with Crippen LogP contribution in [0.3, 0.4) is 0 Å². The summed E-state index contributed by atoms with van der Waals surface area (Å²) in [5, 5.41) is 13.0. The van der Waals surface area contributed by atoms with E-state index < -0.39 is 10.0 Å². The molecule has 1 heterocycles. The predicted octanol–water partition coefficient (Wildman–Crippen LogP) is 2.19. The van der Waals surface area contributed by atoms with E-state index in [1.807, 2.05) is 13.8 Å². The van der Waals surface area contributed by atoms with Crippen LogP contribution in [0.1, 0.15) is 71.2 Å². The van der Waals surface area contributed by atoms with Crippen molar-refractivity contribution in [1.29, 1.82) is 0 Å². The SMILES string of the molecule is CCCC(CCC)c1nnc(S(N)(=O)=O)n1C(C)C. The minimum Gasteiger partial charge on any atom is -0.298 e. The first-order valence-electron chi connectivity index (χ1n) is 6.80. The molecule has 0 radical (unpaired) electrons. The molecule has 110 valence electrons. The molecule has 0 saturated heterocycles. The van der Waals surface area contributed by atoms with Crippen LogP contribution in [0, 0.1) is 0 Å². The molecule has 0 aliphatic heterocycles. The second-order valence-electron chi connectivity index (χ2n) is 5.12. The molecular formula is C12H24N4O2S. The van der Waals surface area contributed by atoms with Crippen molar-refractivity contribution >= 4 is 10.0 Å². The normalized spacial score (nSPS) is 12.6. The molecule has 7 heteroatoms. The third-order valence-corrected chi connectivity index (χ3v) is 3.89. The molecule has 1 aromatic rings. The summed E-state index contributed by atoms with van der Waals surface area (Å²) in [5.74, 6) is 0.975. The fourth-order valence-corrected chi connectivity index (χ4v) is 3.08. The van der Waals surface area contributed by atoms with E-state index in [1.54, 1.807) is 4.57 Å². The van der Waals surface area contributed by atoms with Gasteiger partial charge < -0.3 is 0 Å². The Morgan fingerprint density at radius 2 is 1.68 bits per heavy atom. The molecule has 0 unspecified atom stereocenters. The number of nitrogens with two attached hydrogens (primary N) is 1. The van der Waals surface area contributed by atoms with Crippen molar-refractivity contribution in [3.63, 3.8) is 0 Å². The van der Waals surface area contributed by atoms with Crippen LogP contribution in [0.25, 0.3) is 0 Å². The van der Waals surface area contributed by atoms with Crippen molar-refractivity contribution in [3.05, 3.63) is 5.82 Å².